The highest BCUT2D eigenvalue weighted by molar-refractivity contribution is 5.86. The lowest BCUT2D eigenvalue weighted by Crippen LogP contribution is -2.48. The second-order valence-corrected chi connectivity index (χ2v) is 7.40. The molecule has 0 heterocycles. The molecule has 0 saturated heterocycles. The number of nitrogens with one attached hydrogen (secondary N) is 2. The molecular weight excluding hydrogens is 384 g/mol. The SMILES string of the molecule is CC[C@@H](CC(=O)O)NC(=O)C(C)NC(=O)OCC1c2ccccc2-c2ccccc21. The average molecular weight is 410 g/mol. The molecule has 7 heteroatoms. The van der Waals surface area contributed by atoms with Crippen molar-refractivity contribution in [3.63, 3.8) is 0 Å². The van der Waals surface area contributed by atoms with E-state index in [1.54, 1.807) is 6.92 Å². The number of amides is 2. The van der Waals surface area contributed by atoms with Crippen molar-refractivity contribution in [1.29, 1.82) is 0 Å². The number of carbonyl (C=O) groups is 3. The number of ether oxygens (including phenoxy) is 1. The minimum atomic E-state index is -0.987. The molecule has 1 unspecified atom stereocenters. The number of aliphatic carboxylic acids is 1. The van der Waals surface area contributed by atoms with Crippen molar-refractivity contribution < 1.29 is 24.2 Å². The van der Waals surface area contributed by atoms with Gasteiger partial charge < -0.3 is 20.5 Å². The largest absolute Gasteiger partial charge is 0.481 e. The molecule has 1 aliphatic rings. The molecule has 30 heavy (non-hydrogen) atoms. The van der Waals surface area contributed by atoms with Gasteiger partial charge in [-0.3, -0.25) is 9.59 Å². The molecule has 0 fully saturated rings. The van der Waals surface area contributed by atoms with Crippen molar-refractivity contribution in [2.24, 2.45) is 0 Å². The van der Waals surface area contributed by atoms with Crippen LogP contribution in [0.4, 0.5) is 4.79 Å². The van der Waals surface area contributed by atoms with Crippen LogP contribution in [0.2, 0.25) is 0 Å². The zero-order valence-corrected chi connectivity index (χ0v) is 17.1. The average Bonchev–Trinajstić information content (AvgIpc) is 3.05. The fraction of sp³-hybridized carbons (Fsp3) is 0.348. The second-order valence-electron chi connectivity index (χ2n) is 7.40. The number of alkyl carbamates (subject to hydrolysis) is 1. The van der Waals surface area contributed by atoms with Crippen LogP contribution >= 0.6 is 0 Å². The molecule has 7 nitrogen and oxygen atoms in total. The highest BCUT2D eigenvalue weighted by Gasteiger charge is 2.29. The van der Waals surface area contributed by atoms with E-state index in [0.717, 1.165) is 22.3 Å². The maximum absolute atomic E-state index is 12.3. The van der Waals surface area contributed by atoms with Crippen molar-refractivity contribution in [2.75, 3.05) is 6.61 Å². The third-order valence-corrected chi connectivity index (χ3v) is 5.33. The van der Waals surface area contributed by atoms with Crippen LogP contribution in [0.5, 0.6) is 0 Å². The summed E-state index contributed by atoms with van der Waals surface area (Å²) < 4.78 is 5.43. The van der Waals surface area contributed by atoms with E-state index in [1.165, 1.54) is 6.92 Å². The van der Waals surface area contributed by atoms with Gasteiger partial charge in [0, 0.05) is 12.0 Å². The van der Waals surface area contributed by atoms with E-state index in [-0.39, 0.29) is 18.9 Å². The number of carboxylic acid groups (broad SMARTS) is 1. The summed E-state index contributed by atoms with van der Waals surface area (Å²) in [6.07, 6.45) is -0.374. The van der Waals surface area contributed by atoms with Gasteiger partial charge in [-0.25, -0.2) is 4.79 Å². The van der Waals surface area contributed by atoms with Crippen molar-refractivity contribution in [3.05, 3.63) is 59.7 Å². The van der Waals surface area contributed by atoms with Crippen LogP contribution in [-0.4, -0.2) is 41.8 Å². The molecule has 0 aliphatic heterocycles. The molecule has 0 bridgehead atoms. The molecule has 2 aromatic rings. The summed E-state index contributed by atoms with van der Waals surface area (Å²) in [6, 6.07) is 14.8. The molecule has 158 valence electrons. The van der Waals surface area contributed by atoms with Gasteiger partial charge in [0.15, 0.2) is 0 Å². The Morgan fingerprint density at radius 3 is 2.10 bits per heavy atom. The Balaban J connectivity index is 1.57. The van der Waals surface area contributed by atoms with Crippen molar-refractivity contribution >= 4 is 18.0 Å². The van der Waals surface area contributed by atoms with E-state index < -0.39 is 30.1 Å². The topological polar surface area (TPSA) is 105 Å². The summed E-state index contributed by atoms with van der Waals surface area (Å²) in [4.78, 5) is 35.4. The van der Waals surface area contributed by atoms with Crippen LogP contribution in [0.15, 0.2) is 48.5 Å². The molecule has 0 radical (unpaired) electrons. The standard InChI is InChI=1S/C23H26N2O5/c1-3-15(12-21(26)27)25-22(28)14(2)24-23(29)30-13-20-18-10-6-4-8-16(18)17-9-5-7-11-19(17)20/h4-11,14-15,20H,3,12-13H2,1-2H3,(H,24,29)(H,25,28)(H,26,27)/t14?,15-/m0/s1. The first-order valence-electron chi connectivity index (χ1n) is 10.0. The Labute approximate surface area is 175 Å². The van der Waals surface area contributed by atoms with Crippen LogP contribution in [0.25, 0.3) is 11.1 Å². The van der Waals surface area contributed by atoms with Gasteiger partial charge in [-0.05, 0) is 35.6 Å². The second kappa shape index (κ2) is 9.43. The Morgan fingerprint density at radius 1 is 1.00 bits per heavy atom. The first-order valence-corrected chi connectivity index (χ1v) is 10.0. The summed E-state index contributed by atoms with van der Waals surface area (Å²) in [6.45, 7) is 3.48. The molecule has 3 N–H and O–H groups in total. The quantitative estimate of drug-likeness (QED) is 0.619. The number of carbonyl (C=O) groups excluding carboxylic acids is 2. The van der Waals surface area contributed by atoms with Gasteiger partial charge in [-0.1, -0.05) is 55.5 Å². The molecular formula is C23H26N2O5. The highest BCUT2D eigenvalue weighted by Crippen LogP contribution is 2.44. The Morgan fingerprint density at radius 2 is 1.57 bits per heavy atom. The number of fused-ring (bicyclic) bond motifs is 3. The zero-order valence-electron chi connectivity index (χ0n) is 17.1. The van der Waals surface area contributed by atoms with Crippen LogP contribution in [-0.2, 0) is 14.3 Å². The Hall–Kier alpha value is -3.35. The first kappa shape index (κ1) is 21.4. The monoisotopic (exact) mass is 410 g/mol. The van der Waals surface area contributed by atoms with Gasteiger partial charge in [-0.2, -0.15) is 0 Å². The normalized spacial score (nSPS) is 14.2. The highest BCUT2D eigenvalue weighted by atomic mass is 16.5. The van der Waals surface area contributed by atoms with Crippen LogP contribution < -0.4 is 10.6 Å². The smallest absolute Gasteiger partial charge is 0.407 e. The molecule has 1 aliphatic carbocycles. The number of rotatable bonds is 8. The van der Waals surface area contributed by atoms with Gasteiger partial charge in [-0.15, -0.1) is 0 Å². The van der Waals surface area contributed by atoms with Crippen molar-refractivity contribution in [1.82, 2.24) is 10.6 Å². The van der Waals surface area contributed by atoms with Gasteiger partial charge in [0.2, 0.25) is 5.91 Å². The molecule has 0 spiro atoms. The van der Waals surface area contributed by atoms with E-state index in [2.05, 4.69) is 22.8 Å². The Kier molecular flexibility index (Phi) is 6.72. The summed E-state index contributed by atoms with van der Waals surface area (Å²) in [5, 5.41) is 14.0. The maximum atomic E-state index is 12.3. The number of hydrogen-bond acceptors (Lipinski definition) is 4. The lowest BCUT2D eigenvalue weighted by molar-refractivity contribution is -0.137. The number of carboxylic acids is 1. The van der Waals surface area contributed by atoms with Gasteiger partial charge in [0.05, 0.1) is 6.42 Å². The summed E-state index contributed by atoms with van der Waals surface area (Å²) >= 11 is 0. The fourth-order valence-electron chi connectivity index (χ4n) is 3.72. The summed E-state index contributed by atoms with van der Waals surface area (Å²) in [5.74, 6) is -1.50. The van der Waals surface area contributed by atoms with Crippen molar-refractivity contribution in [3.8, 4) is 11.1 Å². The summed E-state index contributed by atoms with van der Waals surface area (Å²) in [5.41, 5.74) is 4.49. The lowest BCUT2D eigenvalue weighted by atomic mass is 9.98. The van der Waals surface area contributed by atoms with Crippen molar-refractivity contribution in [2.45, 2.75) is 44.7 Å². The Bertz CT molecular complexity index is 897. The van der Waals surface area contributed by atoms with Crippen LogP contribution in [0, 0.1) is 0 Å². The van der Waals surface area contributed by atoms with Gasteiger partial charge >= 0.3 is 12.1 Å². The van der Waals surface area contributed by atoms with E-state index in [9.17, 15) is 14.4 Å². The minimum absolute atomic E-state index is 0.0627. The lowest BCUT2D eigenvalue weighted by Gasteiger charge is -2.20. The molecule has 0 aromatic heterocycles. The third-order valence-electron chi connectivity index (χ3n) is 5.33. The van der Waals surface area contributed by atoms with Gasteiger partial charge in [0.25, 0.3) is 0 Å². The summed E-state index contributed by atoms with van der Waals surface area (Å²) in [7, 11) is 0. The van der Waals surface area contributed by atoms with E-state index in [0.29, 0.717) is 6.42 Å². The fourth-order valence-corrected chi connectivity index (χ4v) is 3.72. The molecule has 2 amide bonds. The zero-order chi connectivity index (χ0) is 21.7. The minimum Gasteiger partial charge on any atom is -0.481 e. The molecule has 2 atom stereocenters. The third kappa shape index (κ3) is 4.79. The van der Waals surface area contributed by atoms with Gasteiger partial charge in [0.1, 0.15) is 12.6 Å². The predicted molar refractivity (Wildman–Crippen MR) is 112 cm³/mol. The van der Waals surface area contributed by atoms with Crippen LogP contribution in [0.1, 0.15) is 43.7 Å². The predicted octanol–water partition coefficient (Wildman–Crippen LogP) is 3.28. The van der Waals surface area contributed by atoms with Crippen LogP contribution in [0.3, 0.4) is 0 Å². The first-order chi connectivity index (χ1) is 14.4. The molecule has 3 rings (SSSR count). The van der Waals surface area contributed by atoms with E-state index >= 15 is 0 Å². The number of hydrogen-bond donors (Lipinski definition) is 3. The van der Waals surface area contributed by atoms with E-state index in [4.69, 9.17) is 9.84 Å². The molecule has 0 saturated carbocycles. The molecule has 2 aromatic carbocycles. The van der Waals surface area contributed by atoms with E-state index in [1.807, 2.05) is 36.4 Å². The number of benzene rings is 2. The maximum Gasteiger partial charge on any atom is 0.407 e.